The molecule has 1 N–H and O–H groups in total. The molecule has 4 heterocycles. The van der Waals surface area contributed by atoms with Gasteiger partial charge in [0.05, 0.1) is 5.69 Å². The molecule has 2 unspecified atom stereocenters. The fourth-order valence-electron chi connectivity index (χ4n) is 3.43. The van der Waals surface area contributed by atoms with Gasteiger partial charge in [-0.3, -0.25) is 14.5 Å². The molecule has 3 fully saturated rings. The monoisotopic (exact) mass is 278 g/mol. The molecule has 0 radical (unpaired) electrons. The first-order valence-electron chi connectivity index (χ1n) is 7.81. The van der Waals surface area contributed by atoms with Crippen molar-refractivity contribution in [3.63, 3.8) is 0 Å². The minimum atomic E-state index is 0.481. The Hall–Kier alpha value is -0.980. The highest BCUT2D eigenvalue weighted by Crippen LogP contribution is 2.20. The van der Waals surface area contributed by atoms with Gasteiger partial charge in [-0.15, -0.1) is 5.10 Å². The Kier molecular flexibility index (Phi) is 4.33. The molecule has 3 aliphatic rings. The molecule has 1 aromatic heterocycles. The van der Waals surface area contributed by atoms with Crippen LogP contribution in [0.15, 0.2) is 6.20 Å². The molecule has 0 amide bonds. The molecule has 3 aliphatic heterocycles. The lowest BCUT2D eigenvalue weighted by Crippen LogP contribution is -2.66. The highest BCUT2D eigenvalue weighted by molar-refractivity contribution is 5.02. The molecule has 2 bridgehead atoms. The summed E-state index contributed by atoms with van der Waals surface area (Å²) in [6.45, 7) is 9.41. The van der Waals surface area contributed by atoms with Gasteiger partial charge in [-0.25, -0.2) is 0 Å². The second-order valence-corrected chi connectivity index (χ2v) is 6.05. The molecule has 3 saturated heterocycles. The van der Waals surface area contributed by atoms with E-state index in [2.05, 4.69) is 32.4 Å². The van der Waals surface area contributed by atoms with Gasteiger partial charge in [-0.2, -0.15) is 0 Å². The number of nitrogens with zero attached hydrogens (tertiary/aromatic N) is 5. The average Bonchev–Trinajstić information content (AvgIpc) is 2.90. The maximum atomic E-state index is 4.26. The first kappa shape index (κ1) is 14.0. The second kappa shape index (κ2) is 6.20. The van der Waals surface area contributed by atoms with Crippen molar-refractivity contribution in [3.05, 3.63) is 11.9 Å². The number of rotatable bonds is 6. The minimum absolute atomic E-state index is 0.481. The van der Waals surface area contributed by atoms with Crippen LogP contribution in [0.1, 0.15) is 19.0 Å². The standard InChI is InChI=1S/C14H26N6/c1-3-4-15-13(9-12-10-18(2)17-16-12)14-11-19-5-7-20(14)8-6-19/h10,13-15H,3-9,11H2,1-2H3. The van der Waals surface area contributed by atoms with Crippen LogP contribution in [0, 0.1) is 0 Å². The SMILES string of the molecule is CCCNC(Cc1cn(C)nn1)C1CN2CCN1CC2. The van der Waals surface area contributed by atoms with E-state index < -0.39 is 0 Å². The number of hydrogen-bond acceptors (Lipinski definition) is 5. The molecule has 20 heavy (non-hydrogen) atoms. The van der Waals surface area contributed by atoms with Crippen LogP contribution in [0.25, 0.3) is 0 Å². The first-order valence-corrected chi connectivity index (χ1v) is 7.81. The van der Waals surface area contributed by atoms with Crippen LogP contribution in [0.3, 0.4) is 0 Å². The third-order valence-electron chi connectivity index (χ3n) is 4.52. The molecule has 0 aromatic carbocycles. The number of piperazine rings is 3. The fourth-order valence-corrected chi connectivity index (χ4v) is 3.43. The number of nitrogens with one attached hydrogen (secondary N) is 1. The molecule has 112 valence electrons. The molecule has 2 atom stereocenters. The van der Waals surface area contributed by atoms with Crippen molar-refractivity contribution >= 4 is 0 Å². The quantitative estimate of drug-likeness (QED) is 0.776. The topological polar surface area (TPSA) is 49.2 Å². The van der Waals surface area contributed by atoms with Crippen molar-refractivity contribution in [3.8, 4) is 0 Å². The van der Waals surface area contributed by atoms with Crippen LogP contribution in [-0.4, -0.2) is 76.1 Å². The van der Waals surface area contributed by atoms with E-state index in [1.807, 2.05) is 13.2 Å². The Morgan fingerprint density at radius 1 is 1.35 bits per heavy atom. The molecule has 0 saturated carbocycles. The number of fused-ring (bicyclic) bond motifs is 3. The van der Waals surface area contributed by atoms with Crippen molar-refractivity contribution in [2.24, 2.45) is 7.05 Å². The molecule has 0 spiro atoms. The summed E-state index contributed by atoms with van der Waals surface area (Å²) < 4.78 is 1.79. The van der Waals surface area contributed by atoms with Crippen molar-refractivity contribution < 1.29 is 0 Å². The van der Waals surface area contributed by atoms with Gasteiger partial charge in [0.1, 0.15) is 0 Å². The third kappa shape index (κ3) is 3.02. The summed E-state index contributed by atoms with van der Waals surface area (Å²) >= 11 is 0. The molecular weight excluding hydrogens is 252 g/mol. The van der Waals surface area contributed by atoms with E-state index in [9.17, 15) is 0 Å². The maximum absolute atomic E-state index is 4.26. The summed E-state index contributed by atoms with van der Waals surface area (Å²) in [5, 5.41) is 12.1. The maximum Gasteiger partial charge on any atom is 0.0843 e. The zero-order chi connectivity index (χ0) is 13.9. The van der Waals surface area contributed by atoms with E-state index in [4.69, 9.17) is 0 Å². The smallest absolute Gasteiger partial charge is 0.0843 e. The fraction of sp³-hybridized carbons (Fsp3) is 0.857. The van der Waals surface area contributed by atoms with Gasteiger partial charge >= 0.3 is 0 Å². The van der Waals surface area contributed by atoms with Crippen LogP contribution in [0.4, 0.5) is 0 Å². The van der Waals surface area contributed by atoms with E-state index in [0.29, 0.717) is 12.1 Å². The second-order valence-electron chi connectivity index (χ2n) is 6.05. The van der Waals surface area contributed by atoms with Crippen molar-refractivity contribution in [2.45, 2.75) is 31.8 Å². The Morgan fingerprint density at radius 3 is 2.70 bits per heavy atom. The molecule has 6 nitrogen and oxygen atoms in total. The summed E-state index contributed by atoms with van der Waals surface area (Å²) in [5.41, 5.74) is 1.10. The van der Waals surface area contributed by atoms with Crippen molar-refractivity contribution in [2.75, 3.05) is 39.3 Å². The predicted molar refractivity (Wildman–Crippen MR) is 78.6 cm³/mol. The summed E-state index contributed by atoms with van der Waals surface area (Å²) in [7, 11) is 1.93. The van der Waals surface area contributed by atoms with Crippen LogP contribution < -0.4 is 5.32 Å². The summed E-state index contributed by atoms with van der Waals surface area (Å²) in [6, 6.07) is 1.10. The van der Waals surface area contributed by atoms with Gasteiger partial charge in [-0.05, 0) is 13.0 Å². The van der Waals surface area contributed by atoms with Gasteiger partial charge in [0.15, 0.2) is 0 Å². The van der Waals surface area contributed by atoms with Gasteiger partial charge in [0.25, 0.3) is 0 Å². The largest absolute Gasteiger partial charge is 0.312 e. The number of aryl methyl sites for hydroxylation is 1. The van der Waals surface area contributed by atoms with E-state index in [-0.39, 0.29) is 0 Å². The van der Waals surface area contributed by atoms with Gasteiger partial charge in [0, 0.05) is 64.5 Å². The first-order chi connectivity index (χ1) is 9.76. The van der Waals surface area contributed by atoms with Crippen LogP contribution in [0.2, 0.25) is 0 Å². The van der Waals surface area contributed by atoms with Crippen molar-refractivity contribution in [1.29, 1.82) is 0 Å². The zero-order valence-corrected chi connectivity index (χ0v) is 12.6. The molecular formula is C14H26N6. The van der Waals surface area contributed by atoms with E-state index in [0.717, 1.165) is 18.7 Å². The number of hydrogen-bond donors (Lipinski definition) is 1. The Balaban J connectivity index is 1.68. The lowest BCUT2D eigenvalue weighted by atomic mass is 9.96. The molecule has 6 heteroatoms. The zero-order valence-electron chi connectivity index (χ0n) is 12.6. The van der Waals surface area contributed by atoms with Gasteiger partial charge < -0.3 is 5.32 Å². The average molecular weight is 278 g/mol. The van der Waals surface area contributed by atoms with Crippen molar-refractivity contribution in [1.82, 2.24) is 30.1 Å². The van der Waals surface area contributed by atoms with E-state index >= 15 is 0 Å². The molecule has 0 aliphatic carbocycles. The molecule has 4 rings (SSSR count). The number of aromatic nitrogens is 3. The van der Waals surface area contributed by atoms with Crippen LogP contribution in [0.5, 0.6) is 0 Å². The highest BCUT2D eigenvalue weighted by Gasteiger charge is 2.36. The van der Waals surface area contributed by atoms with E-state index in [1.54, 1.807) is 4.68 Å². The Labute approximate surface area is 121 Å². The minimum Gasteiger partial charge on any atom is -0.312 e. The highest BCUT2D eigenvalue weighted by atomic mass is 15.4. The normalized spacial score (nSPS) is 30.6. The Bertz CT molecular complexity index is 423. The lowest BCUT2D eigenvalue weighted by Gasteiger charge is -2.50. The predicted octanol–water partition coefficient (Wildman–Crippen LogP) is -0.274. The van der Waals surface area contributed by atoms with Crippen LogP contribution in [-0.2, 0) is 13.5 Å². The van der Waals surface area contributed by atoms with Gasteiger partial charge in [0.2, 0.25) is 0 Å². The lowest BCUT2D eigenvalue weighted by molar-refractivity contribution is -0.00323. The third-order valence-corrected chi connectivity index (χ3v) is 4.52. The Morgan fingerprint density at radius 2 is 2.15 bits per heavy atom. The van der Waals surface area contributed by atoms with E-state index in [1.165, 1.54) is 39.1 Å². The summed E-state index contributed by atoms with van der Waals surface area (Å²) in [6.07, 6.45) is 4.19. The summed E-state index contributed by atoms with van der Waals surface area (Å²) in [4.78, 5) is 5.26. The summed E-state index contributed by atoms with van der Waals surface area (Å²) in [5.74, 6) is 0. The van der Waals surface area contributed by atoms with Crippen LogP contribution >= 0.6 is 0 Å². The molecule has 1 aromatic rings. The van der Waals surface area contributed by atoms with Gasteiger partial charge in [-0.1, -0.05) is 12.1 Å².